The number of hydrogen-bond acceptors (Lipinski definition) is 1. The molecule has 1 aromatic carbocycles. The van der Waals surface area contributed by atoms with E-state index in [0.717, 1.165) is 10.9 Å². The molecular weight excluding hydrogens is 186 g/mol. The number of rotatable bonds is 1. The molecule has 0 aliphatic heterocycles. The maximum atomic E-state index is 6.04. The van der Waals surface area contributed by atoms with E-state index in [1.165, 1.54) is 0 Å². The van der Waals surface area contributed by atoms with Crippen molar-refractivity contribution in [3.05, 3.63) is 35.4 Å². The average molecular weight is 195 g/mol. The van der Waals surface area contributed by atoms with Gasteiger partial charge in [0.1, 0.15) is 0 Å². The lowest BCUT2D eigenvalue weighted by molar-refractivity contribution is -0.361. The molecule has 66 valence electrons. The minimum absolute atomic E-state index is 0.670. The van der Waals surface area contributed by atoms with Crippen LogP contribution in [0.5, 0.6) is 5.88 Å². The Labute approximate surface area is 81.1 Å². The molecule has 2 rings (SSSR count). The second-order valence-corrected chi connectivity index (χ2v) is 3.14. The SMILES string of the molecule is COc1cc(Cl)c2ccccc2[nH+]1. The number of aromatic amines is 1. The highest BCUT2D eigenvalue weighted by atomic mass is 35.5. The van der Waals surface area contributed by atoms with Gasteiger partial charge in [-0.05, 0) is 6.07 Å². The molecule has 0 aliphatic rings. The van der Waals surface area contributed by atoms with Crippen LogP contribution in [0.15, 0.2) is 30.3 Å². The van der Waals surface area contributed by atoms with Crippen LogP contribution in [0.4, 0.5) is 0 Å². The lowest BCUT2D eigenvalue weighted by Crippen LogP contribution is -2.08. The molecule has 0 aliphatic carbocycles. The Morgan fingerprint density at radius 3 is 2.85 bits per heavy atom. The number of benzene rings is 1. The smallest absolute Gasteiger partial charge is 0.367 e. The standard InChI is InChI=1S/C10H8ClNO/c1-13-10-6-8(11)7-4-2-3-5-9(7)12-10/h2-6H,1H3/p+1. The van der Waals surface area contributed by atoms with E-state index in [2.05, 4.69) is 4.98 Å². The Bertz CT molecular complexity index is 442. The molecule has 0 bridgehead atoms. The van der Waals surface area contributed by atoms with Gasteiger partial charge in [-0.1, -0.05) is 23.7 Å². The molecular formula is C10H9ClNO+. The summed E-state index contributed by atoms with van der Waals surface area (Å²) in [6.07, 6.45) is 0. The third-order valence-corrected chi connectivity index (χ3v) is 2.23. The van der Waals surface area contributed by atoms with Crippen molar-refractivity contribution in [2.24, 2.45) is 0 Å². The zero-order chi connectivity index (χ0) is 9.26. The van der Waals surface area contributed by atoms with Gasteiger partial charge < -0.3 is 4.74 Å². The number of hydrogen-bond donors (Lipinski definition) is 0. The van der Waals surface area contributed by atoms with Crippen LogP contribution in [-0.4, -0.2) is 7.11 Å². The Hall–Kier alpha value is -1.28. The van der Waals surface area contributed by atoms with Gasteiger partial charge in [0.25, 0.3) is 0 Å². The van der Waals surface area contributed by atoms with Gasteiger partial charge >= 0.3 is 5.88 Å². The number of fused-ring (bicyclic) bond motifs is 1. The number of aromatic nitrogens is 1. The fourth-order valence-electron chi connectivity index (χ4n) is 1.27. The minimum Gasteiger partial charge on any atom is -0.448 e. The third-order valence-electron chi connectivity index (χ3n) is 1.92. The minimum atomic E-state index is 0.670. The van der Waals surface area contributed by atoms with Crippen molar-refractivity contribution in [1.82, 2.24) is 0 Å². The highest BCUT2D eigenvalue weighted by Gasteiger charge is 2.08. The highest BCUT2D eigenvalue weighted by Crippen LogP contribution is 2.22. The van der Waals surface area contributed by atoms with E-state index in [1.54, 1.807) is 13.2 Å². The predicted octanol–water partition coefficient (Wildman–Crippen LogP) is 2.32. The van der Waals surface area contributed by atoms with Gasteiger partial charge in [-0.15, -0.1) is 0 Å². The number of nitrogens with one attached hydrogen (secondary N) is 1. The summed E-state index contributed by atoms with van der Waals surface area (Å²) in [7, 11) is 1.61. The zero-order valence-electron chi connectivity index (χ0n) is 7.17. The molecule has 13 heavy (non-hydrogen) atoms. The molecule has 0 unspecified atom stereocenters. The molecule has 0 saturated carbocycles. The Morgan fingerprint density at radius 2 is 2.08 bits per heavy atom. The summed E-state index contributed by atoms with van der Waals surface area (Å²) in [5.74, 6) is 0.670. The molecule has 0 spiro atoms. The van der Waals surface area contributed by atoms with Crippen molar-refractivity contribution in [3.8, 4) is 5.88 Å². The van der Waals surface area contributed by atoms with Gasteiger partial charge in [0.15, 0.2) is 0 Å². The van der Waals surface area contributed by atoms with E-state index in [9.17, 15) is 0 Å². The fraction of sp³-hybridized carbons (Fsp3) is 0.100. The van der Waals surface area contributed by atoms with Crippen LogP contribution in [0.2, 0.25) is 5.02 Å². The second-order valence-electron chi connectivity index (χ2n) is 2.73. The van der Waals surface area contributed by atoms with E-state index >= 15 is 0 Å². The number of ether oxygens (including phenoxy) is 1. The molecule has 0 atom stereocenters. The third kappa shape index (κ3) is 1.45. The second kappa shape index (κ2) is 3.23. The zero-order valence-corrected chi connectivity index (χ0v) is 7.93. The number of halogens is 1. The van der Waals surface area contributed by atoms with Gasteiger partial charge in [0.05, 0.1) is 23.6 Å². The maximum Gasteiger partial charge on any atom is 0.367 e. The first kappa shape index (κ1) is 8.32. The summed E-state index contributed by atoms with van der Waals surface area (Å²) >= 11 is 6.04. The van der Waals surface area contributed by atoms with E-state index in [-0.39, 0.29) is 0 Å². The Balaban J connectivity index is 2.77. The van der Waals surface area contributed by atoms with Gasteiger partial charge in [-0.25, -0.2) is 0 Å². The fourth-order valence-corrected chi connectivity index (χ4v) is 1.54. The lowest BCUT2D eigenvalue weighted by Gasteiger charge is -1.96. The van der Waals surface area contributed by atoms with Crippen LogP contribution < -0.4 is 9.72 Å². The Morgan fingerprint density at radius 1 is 1.31 bits per heavy atom. The monoisotopic (exact) mass is 194 g/mol. The van der Waals surface area contributed by atoms with Crippen LogP contribution in [0.25, 0.3) is 10.9 Å². The lowest BCUT2D eigenvalue weighted by atomic mass is 10.2. The van der Waals surface area contributed by atoms with Crippen LogP contribution >= 0.6 is 11.6 Å². The summed E-state index contributed by atoms with van der Waals surface area (Å²) in [4.78, 5) is 3.11. The van der Waals surface area contributed by atoms with Gasteiger partial charge in [-0.3, -0.25) is 0 Å². The highest BCUT2D eigenvalue weighted by molar-refractivity contribution is 6.35. The summed E-state index contributed by atoms with van der Waals surface area (Å²) in [6.45, 7) is 0. The molecule has 0 amide bonds. The van der Waals surface area contributed by atoms with Crippen LogP contribution in [-0.2, 0) is 0 Å². The maximum absolute atomic E-state index is 6.04. The molecule has 3 heteroatoms. The molecule has 1 heterocycles. The van der Waals surface area contributed by atoms with Crippen molar-refractivity contribution in [3.63, 3.8) is 0 Å². The number of H-pyrrole nitrogens is 1. The number of para-hydroxylation sites is 1. The summed E-state index contributed by atoms with van der Waals surface area (Å²) in [6, 6.07) is 9.60. The average Bonchev–Trinajstić information content (AvgIpc) is 2.18. The Kier molecular flexibility index (Phi) is 2.07. The van der Waals surface area contributed by atoms with E-state index in [0.29, 0.717) is 10.9 Å². The first-order chi connectivity index (χ1) is 6.31. The van der Waals surface area contributed by atoms with Crippen molar-refractivity contribution in [2.45, 2.75) is 0 Å². The van der Waals surface area contributed by atoms with Crippen LogP contribution in [0.1, 0.15) is 0 Å². The first-order valence-electron chi connectivity index (χ1n) is 3.96. The largest absolute Gasteiger partial charge is 0.448 e. The molecule has 1 N–H and O–H groups in total. The molecule has 2 nitrogen and oxygen atoms in total. The molecule has 0 radical (unpaired) electrons. The van der Waals surface area contributed by atoms with Gasteiger partial charge in [-0.2, -0.15) is 4.98 Å². The van der Waals surface area contributed by atoms with Gasteiger partial charge in [0, 0.05) is 6.07 Å². The van der Waals surface area contributed by atoms with Crippen molar-refractivity contribution < 1.29 is 9.72 Å². The topological polar surface area (TPSA) is 23.4 Å². The van der Waals surface area contributed by atoms with Gasteiger partial charge in [0.2, 0.25) is 5.52 Å². The molecule has 2 aromatic rings. The van der Waals surface area contributed by atoms with Crippen molar-refractivity contribution in [1.29, 1.82) is 0 Å². The quantitative estimate of drug-likeness (QED) is 0.684. The van der Waals surface area contributed by atoms with E-state index < -0.39 is 0 Å². The normalized spacial score (nSPS) is 10.3. The van der Waals surface area contributed by atoms with Crippen molar-refractivity contribution in [2.75, 3.05) is 7.11 Å². The summed E-state index contributed by atoms with van der Waals surface area (Å²) in [5.41, 5.74) is 0.979. The van der Waals surface area contributed by atoms with Crippen molar-refractivity contribution >= 4 is 22.5 Å². The molecule has 1 aromatic heterocycles. The number of pyridine rings is 1. The molecule has 0 fully saturated rings. The van der Waals surface area contributed by atoms with E-state index in [1.807, 2.05) is 24.3 Å². The molecule has 0 saturated heterocycles. The van der Waals surface area contributed by atoms with Crippen LogP contribution in [0, 0.1) is 0 Å². The van der Waals surface area contributed by atoms with Crippen LogP contribution in [0.3, 0.4) is 0 Å². The first-order valence-corrected chi connectivity index (χ1v) is 4.33. The predicted molar refractivity (Wildman–Crippen MR) is 52.1 cm³/mol. The summed E-state index contributed by atoms with van der Waals surface area (Å²) < 4.78 is 5.06. The van der Waals surface area contributed by atoms with E-state index in [4.69, 9.17) is 16.3 Å². The number of methoxy groups -OCH3 is 1. The summed E-state index contributed by atoms with van der Waals surface area (Å²) in [5, 5.41) is 1.70.